The monoisotopic (exact) mass is 347 g/mol. The van der Waals surface area contributed by atoms with Gasteiger partial charge in [0.15, 0.2) is 6.04 Å². The molecule has 0 aliphatic heterocycles. The SMILES string of the molecule is CCOC(=O)C(Nc1ccc(C)cc1)c1ccccc1Br. The van der Waals surface area contributed by atoms with Crippen molar-refractivity contribution in [2.45, 2.75) is 19.9 Å². The van der Waals surface area contributed by atoms with Gasteiger partial charge in [-0.25, -0.2) is 4.79 Å². The Morgan fingerprint density at radius 2 is 1.86 bits per heavy atom. The van der Waals surface area contributed by atoms with Crippen molar-refractivity contribution in [1.82, 2.24) is 0 Å². The van der Waals surface area contributed by atoms with E-state index in [1.165, 1.54) is 5.56 Å². The summed E-state index contributed by atoms with van der Waals surface area (Å²) in [5, 5.41) is 3.24. The van der Waals surface area contributed by atoms with E-state index in [1.54, 1.807) is 6.92 Å². The molecule has 1 unspecified atom stereocenters. The maximum atomic E-state index is 12.3. The topological polar surface area (TPSA) is 38.3 Å². The van der Waals surface area contributed by atoms with Crippen LogP contribution in [0, 0.1) is 6.92 Å². The minimum absolute atomic E-state index is 0.287. The van der Waals surface area contributed by atoms with E-state index >= 15 is 0 Å². The van der Waals surface area contributed by atoms with Gasteiger partial charge in [-0.15, -0.1) is 0 Å². The lowest BCUT2D eigenvalue weighted by Crippen LogP contribution is -2.23. The standard InChI is InChI=1S/C17H18BrNO2/c1-3-21-17(20)16(14-6-4-5-7-15(14)18)19-13-10-8-12(2)9-11-13/h4-11,16,19H,3H2,1-2H3. The number of nitrogens with one attached hydrogen (secondary N) is 1. The fourth-order valence-electron chi connectivity index (χ4n) is 2.01. The van der Waals surface area contributed by atoms with E-state index in [9.17, 15) is 4.79 Å². The molecule has 0 saturated heterocycles. The first-order chi connectivity index (χ1) is 10.1. The summed E-state index contributed by atoms with van der Waals surface area (Å²) in [5.74, 6) is -0.287. The van der Waals surface area contributed by atoms with Gasteiger partial charge in [-0.05, 0) is 37.6 Å². The van der Waals surface area contributed by atoms with Crippen LogP contribution in [0.5, 0.6) is 0 Å². The molecule has 2 rings (SSSR count). The van der Waals surface area contributed by atoms with Crippen LogP contribution in [0.3, 0.4) is 0 Å². The zero-order chi connectivity index (χ0) is 15.2. The second-order valence-corrected chi connectivity index (χ2v) is 5.57. The predicted molar refractivity (Wildman–Crippen MR) is 88.3 cm³/mol. The Labute approximate surface area is 133 Å². The third-order valence-corrected chi connectivity index (χ3v) is 3.82. The molecule has 0 amide bonds. The molecule has 0 saturated carbocycles. The minimum atomic E-state index is -0.539. The number of carbonyl (C=O) groups excluding carboxylic acids is 1. The molecule has 110 valence electrons. The van der Waals surface area contributed by atoms with Crippen LogP contribution in [-0.4, -0.2) is 12.6 Å². The van der Waals surface area contributed by atoms with E-state index < -0.39 is 6.04 Å². The summed E-state index contributed by atoms with van der Waals surface area (Å²) in [5.41, 5.74) is 2.92. The first-order valence-corrected chi connectivity index (χ1v) is 7.65. The second-order valence-electron chi connectivity index (χ2n) is 4.72. The first-order valence-electron chi connectivity index (χ1n) is 6.86. The Morgan fingerprint density at radius 3 is 2.48 bits per heavy atom. The molecule has 0 aliphatic carbocycles. The number of benzene rings is 2. The van der Waals surface area contributed by atoms with Gasteiger partial charge in [-0.3, -0.25) is 0 Å². The van der Waals surface area contributed by atoms with E-state index in [0.29, 0.717) is 6.61 Å². The van der Waals surface area contributed by atoms with Gasteiger partial charge in [0.25, 0.3) is 0 Å². The average Bonchev–Trinajstić information content (AvgIpc) is 2.48. The van der Waals surface area contributed by atoms with Crippen LogP contribution < -0.4 is 5.32 Å². The van der Waals surface area contributed by atoms with Crippen molar-refractivity contribution in [2.24, 2.45) is 0 Å². The van der Waals surface area contributed by atoms with E-state index in [-0.39, 0.29) is 5.97 Å². The van der Waals surface area contributed by atoms with E-state index in [1.807, 2.05) is 55.5 Å². The van der Waals surface area contributed by atoms with Crippen molar-refractivity contribution in [2.75, 3.05) is 11.9 Å². The Balaban J connectivity index is 2.30. The Bertz CT molecular complexity index is 610. The number of aryl methyl sites for hydroxylation is 1. The van der Waals surface area contributed by atoms with Crippen molar-refractivity contribution in [3.05, 3.63) is 64.1 Å². The molecule has 1 N–H and O–H groups in total. The van der Waals surface area contributed by atoms with Crippen molar-refractivity contribution in [1.29, 1.82) is 0 Å². The summed E-state index contributed by atoms with van der Waals surface area (Å²) in [6.07, 6.45) is 0. The van der Waals surface area contributed by atoms with Crippen LogP contribution in [-0.2, 0) is 9.53 Å². The van der Waals surface area contributed by atoms with E-state index in [2.05, 4.69) is 21.2 Å². The number of esters is 1. The first kappa shape index (κ1) is 15.6. The van der Waals surface area contributed by atoms with Crippen molar-refractivity contribution in [3.63, 3.8) is 0 Å². The minimum Gasteiger partial charge on any atom is -0.464 e. The number of rotatable bonds is 5. The molecule has 0 bridgehead atoms. The van der Waals surface area contributed by atoms with Crippen LogP contribution in [0.1, 0.15) is 24.1 Å². The molecule has 2 aromatic carbocycles. The normalized spacial score (nSPS) is 11.8. The lowest BCUT2D eigenvalue weighted by molar-refractivity contribution is -0.144. The highest BCUT2D eigenvalue weighted by atomic mass is 79.9. The molecule has 0 aliphatic rings. The highest BCUT2D eigenvalue weighted by molar-refractivity contribution is 9.10. The number of hydrogen-bond acceptors (Lipinski definition) is 3. The van der Waals surface area contributed by atoms with E-state index in [0.717, 1.165) is 15.7 Å². The summed E-state index contributed by atoms with van der Waals surface area (Å²) in [4.78, 5) is 12.3. The van der Waals surface area contributed by atoms with Gasteiger partial charge in [0, 0.05) is 10.2 Å². The molecule has 0 heterocycles. The third-order valence-electron chi connectivity index (χ3n) is 3.10. The fourth-order valence-corrected chi connectivity index (χ4v) is 2.53. The molecular formula is C17H18BrNO2. The Morgan fingerprint density at radius 1 is 1.19 bits per heavy atom. The lowest BCUT2D eigenvalue weighted by Gasteiger charge is -2.20. The zero-order valence-electron chi connectivity index (χ0n) is 12.1. The highest BCUT2D eigenvalue weighted by Gasteiger charge is 2.23. The second kappa shape index (κ2) is 7.27. The molecule has 2 aromatic rings. The molecule has 1 atom stereocenters. The van der Waals surface area contributed by atoms with Crippen LogP contribution in [0.4, 0.5) is 5.69 Å². The smallest absolute Gasteiger partial charge is 0.333 e. The maximum Gasteiger partial charge on any atom is 0.333 e. The lowest BCUT2D eigenvalue weighted by atomic mass is 10.1. The van der Waals surface area contributed by atoms with Gasteiger partial charge in [-0.1, -0.05) is 51.8 Å². The number of anilines is 1. The molecule has 0 aromatic heterocycles. The Hall–Kier alpha value is -1.81. The maximum absolute atomic E-state index is 12.3. The molecule has 4 heteroatoms. The Kier molecular flexibility index (Phi) is 5.39. The summed E-state index contributed by atoms with van der Waals surface area (Å²) < 4.78 is 6.06. The number of halogens is 1. The van der Waals surface area contributed by atoms with Gasteiger partial charge in [0.1, 0.15) is 0 Å². The highest BCUT2D eigenvalue weighted by Crippen LogP contribution is 2.27. The summed E-state index contributed by atoms with van der Waals surface area (Å²) in [7, 11) is 0. The fraction of sp³-hybridized carbons (Fsp3) is 0.235. The van der Waals surface area contributed by atoms with E-state index in [4.69, 9.17) is 4.74 Å². The zero-order valence-corrected chi connectivity index (χ0v) is 13.7. The quantitative estimate of drug-likeness (QED) is 0.810. The summed E-state index contributed by atoms with van der Waals surface area (Å²) in [6.45, 7) is 4.19. The summed E-state index contributed by atoms with van der Waals surface area (Å²) in [6, 6.07) is 15.0. The number of hydrogen-bond donors (Lipinski definition) is 1. The average molecular weight is 348 g/mol. The van der Waals surface area contributed by atoms with Crippen molar-refractivity contribution < 1.29 is 9.53 Å². The number of ether oxygens (including phenoxy) is 1. The molecule has 3 nitrogen and oxygen atoms in total. The van der Waals surface area contributed by atoms with Crippen LogP contribution in [0.25, 0.3) is 0 Å². The molecular weight excluding hydrogens is 330 g/mol. The largest absolute Gasteiger partial charge is 0.464 e. The molecule has 0 fully saturated rings. The van der Waals surface area contributed by atoms with Crippen LogP contribution in [0.15, 0.2) is 53.0 Å². The third kappa shape index (κ3) is 4.08. The molecule has 21 heavy (non-hydrogen) atoms. The van der Waals surface area contributed by atoms with Gasteiger partial charge in [0.2, 0.25) is 0 Å². The van der Waals surface area contributed by atoms with Gasteiger partial charge < -0.3 is 10.1 Å². The van der Waals surface area contributed by atoms with Crippen molar-refractivity contribution in [3.8, 4) is 0 Å². The van der Waals surface area contributed by atoms with Crippen LogP contribution >= 0.6 is 15.9 Å². The van der Waals surface area contributed by atoms with Gasteiger partial charge in [-0.2, -0.15) is 0 Å². The van der Waals surface area contributed by atoms with Crippen LogP contribution in [0.2, 0.25) is 0 Å². The predicted octanol–water partition coefficient (Wildman–Crippen LogP) is 4.47. The van der Waals surface area contributed by atoms with Gasteiger partial charge >= 0.3 is 5.97 Å². The van der Waals surface area contributed by atoms with Crippen molar-refractivity contribution >= 4 is 27.6 Å². The number of carbonyl (C=O) groups is 1. The van der Waals surface area contributed by atoms with Gasteiger partial charge in [0.05, 0.1) is 6.61 Å². The molecule has 0 spiro atoms. The molecule has 0 radical (unpaired) electrons. The summed E-state index contributed by atoms with van der Waals surface area (Å²) >= 11 is 3.49.